The highest BCUT2D eigenvalue weighted by molar-refractivity contribution is 5.86. The van der Waals surface area contributed by atoms with E-state index >= 15 is 0 Å². The molecule has 0 unspecified atom stereocenters. The van der Waals surface area contributed by atoms with Gasteiger partial charge in [0, 0.05) is 26.3 Å². The van der Waals surface area contributed by atoms with Gasteiger partial charge >= 0.3 is 0 Å². The number of aliphatic imine (C=N–C) groups is 1. The quantitative estimate of drug-likeness (QED) is 0.634. The van der Waals surface area contributed by atoms with Crippen LogP contribution in [0, 0.1) is 5.82 Å². The Bertz CT molecular complexity index is 570. The maximum atomic E-state index is 13.7. The fraction of sp³-hybridized carbons (Fsp3) is 0.588. The van der Waals surface area contributed by atoms with Crippen LogP contribution in [-0.4, -0.2) is 48.4 Å². The third-order valence-electron chi connectivity index (χ3n) is 4.07. The van der Waals surface area contributed by atoms with Gasteiger partial charge in [-0.25, -0.2) is 9.38 Å². The molecule has 1 fully saturated rings. The van der Waals surface area contributed by atoms with Crippen LogP contribution in [0.1, 0.15) is 37.8 Å². The van der Waals surface area contributed by atoms with E-state index in [1.807, 2.05) is 0 Å². The van der Waals surface area contributed by atoms with Crippen LogP contribution in [-0.2, 0) is 11.3 Å². The second kappa shape index (κ2) is 9.20. The van der Waals surface area contributed by atoms with Gasteiger partial charge in [-0.1, -0.05) is 19.3 Å². The van der Waals surface area contributed by atoms with E-state index in [1.165, 1.54) is 30.2 Å². The van der Waals surface area contributed by atoms with Crippen molar-refractivity contribution >= 4 is 11.9 Å². The number of pyridine rings is 1. The van der Waals surface area contributed by atoms with Crippen molar-refractivity contribution in [1.82, 2.24) is 20.5 Å². The lowest BCUT2D eigenvalue weighted by Crippen LogP contribution is -2.47. The summed E-state index contributed by atoms with van der Waals surface area (Å²) in [6.45, 7) is 0.279. The Labute approximate surface area is 142 Å². The normalized spacial score (nSPS) is 15.9. The molecule has 24 heavy (non-hydrogen) atoms. The lowest BCUT2D eigenvalue weighted by molar-refractivity contribution is -0.127. The Morgan fingerprint density at radius 3 is 2.79 bits per heavy atom. The van der Waals surface area contributed by atoms with Crippen LogP contribution in [0.4, 0.5) is 4.39 Å². The van der Waals surface area contributed by atoms with Crippen molar-refractivity contribution in [2.45, 2.75) is 44.7 Å². The highest BCUT2D eigenvalue weighted by Crippen LogP contribution is 2.17. The third-order valence-corrected chi connectivity index (χ3v) is 4.07. The van der Waals surface area contributed by atoms with Gasteiger partial charge in [0.1, 0.15) is 5.82 Å². The number of halogens is 1. The summed E-state index contributed by atoms with van der Waals surface area (Å²) in [4.78, 5) is 21.7. The molecule has 0 spiro atoms. The van der Waals surface area contributed by atoms with Gasteiger partial charge in [-0.15, -0.1) is 0 Å². The van der Waals surface area contributed by atoms with Crippen molar-refractivity contribution in [2.24, 2.45) is 4.99 Å². The molecule has 1 amide bonds. The summed E-state index contributed by atoms with van der Waals surface area (Å²) in [5.74, 6) is 0.113. The lowest BCUT2D eigenvalue weighted by atomic mass is 9.96. The minimum absolute atomic E-state index is 0.0443. The molecule has 0 saturated heterocycles. The van der Waals surface area contributed by atoms with Gasteiger partial charge in [-0.05, 0) is 25.0 Å². The molecule has 132 valence electrons. The Hall–Kier alpha value is -2.18. The van der Waals surface area contributed by atoms with Gasteiger partial charge in [-0.3, -0.25) is 9.78 Å². The largest absolute Gasteiger partial charge is 0.354 e. The summed E-state index contributed by atoms with van der Waals surface area (Å²) in [5, 5.41) is 6.39. The number of nitrogens with zero attached hydrogens (tertiary/aromatic N) is 3. The summed E-state index contributed by atoms with van der Waals surface area (Å²) in [7, 11) is 3.41. The molecule has 0 atom stereocenters. The first-order valence-corrected chi connectivity index (χ1v) is 8.40. The molecule has 1 heterocycles. The number of likely N-dealkylation sites (N-methyl/N-ethyl adjacent to an activating group) is 1. The SMILES string of the molecule is CN(C)C(=O)CNC(=NCc1ncccc1F)NC1CCCCC1. The molecule has 0 bridgehead atoms. The number of hydrogen-bond donors (Lipinski definition) is 2. The van der Waals surface area contributed by atoms with Gasteiger partial charge in [0.05, 0.1) is 18.8 Å². The van der Waals surface area contributed by atoms with Crippen LogP contribution in [0.25, 0.3) is 0 Å². The predicted molar refractivity (Wildman–Crippen MR) is 92.0 cm³/mol. The topological polar surface area (TPSA) is 69.6 Å². The fourth-order valence-electron chi connectivity index (χ4n) is 2.60. The molecule has 1 saturated carbocycles. The van der Waals surface area contributed by atoms with E-state index < -0.39 is 0 Å². The van der Waals surface area contributed by atoms with Crippen molar-refractivity contribution in [1.29, 1.82) is 0 Å². The van der Waals surface area contributed by atoms with Crippen LogP contribution >= 0.6 is 0 Å². The maximum absolute atomic E-state index is 13.7. The van der Waals surface area contributed by atoms with Crippen LogP contribution in [0.2, 0.25) is 0 Å². The number of amides is 1. The average Bonchev–Trinajstić information content (AvgIpc) is 2.59. The van der Waals surface area contributed by atoms with Gasteiger partial charge in [0.2, 0.25) is 5.91 Å². The lowest BCUT2D eigenvalue weighted by Gasteiger charge is -2.25. The second-order valence-electron chi connectivity index (χ2n) is 6.22. The summed E-state index contributed by atoms with van der Waals surface area (Å²) in [5.41, 5.74) is 0.293. The average molecular weight is 335 g/mol. The summed E-state index contributed by atoms with van der Waals surface area (Å²) in [6.07, 6.45) is 7.36. The van der Waals surface area contributed by atoms with E-state index in [0.717, 1.165) is 12.8 Å². The van der Waals surface area contributed by atoms with Crippen molar-refractivity contribution in [2.75, 3.05) is 20.6 Å². The summed E-state index contributed by atoms with van der Waals surface area (Å²) >= 11 is 0. The van der Waals surface area contributed by atoms with Crippen LogP contribution < -0.4 is 10.6 Å². The zero-order valence-corrected chi connectivity index (χ0v) is 14.4. The number of rotatable bonds is 5. The summed E-state index contributed by atoms with van der Waals surface area (Å²) < 4.78 is 13.7. The molecule has 0 aliphatic heterocycles. The fourth-order valence-corrected chi connectivity index (χ4v) is 2.60. The molecule has 1 aliphatic rings. The maximum Gasteiger partial charge on any atom is 0.241 e. The molecule has 7 heteroatoms. The first kappa shape index (κ1) is 18.2. The molecule has 2 rings (SSSR count). The van der Waals surface area contributed by atoms with Crippen molar-refractivity contribution in [3.8, 4) is 0 Å². The van der Waals surface area contributed by atoms with E-state index in [2.05, 4.69) is 20.6 Å². The monoisotopic (exact) mass is 335 g/mol. The van der Waals surface area contributed by atoms with Crippen molar-refractivity contribution < 1.29 is 9.18 Å². The zero-order valence-electron chi connectivity index (χ0n) is 14.4. The van der Waals surface area contributed by atoms with Crippen LogP contribution in [0.15, 0.2) is 23.3 Å². The van der Waals surface area contributed by atoms with Gasteiger partial charge in [0.15, 0.2) is 5.96 Å². The van der Waals surface area contributed by atoms with E-state index in [9.17, 15) is 9.18 Å². The molecule has 1 aromatic heterocycles. The van der Waals surface area contributed by atoms with Crippen LogP contribution in [0.3, 0.4) is 0 Å². The number of hydrogen-bond acceptors (Lipinski definition) is 3. The Balaban J connectivity index is 2.01. The second-order valence-corrected chi connectivity index (χ2v) is 6.22. The smallest absolute Gasteiger partial charge is 0.241 e. The molecule has 0 aromatic carbocycles. The number of carbonyl (C=O) groups is 1. The minimum atomic E-state index is -0.373. The number of aromatic nitrogens is 1. The molecular formula is C17H26FN5O. The van der Waals surface area contributed by atoms with Crippen molar-refractivity contribution in [3.63, 3.8) is 0 Å². The van der Waals surface area contributed by atoms with Gasteiger partial charge < -0.3 is 15.5 Å². The molecule has 2 N–H and O–H groups in total. The molecule has 1 aliphatic carbocycles. The number of nitrogens with one attached hydrogen (secondary N) is 2. The Morgan fingerprint density at radius 2 is 2.12 bits per heavy atom. The predicted octanol–water partition coefficient (Wildman–Crippen LogP) is 1.68. The van der Waals surface area contributed by atoms with E-state index in [-0.39, 0.29) is 24.8 Å². The highest BCUT2D eigenvalue weighted by Gasteiger charge is 2.15. The van der Waals surface area contributed by atoms with E-state index in [0.29, 0.717) is 17.7 Å². The first-order valence-electron chi connectivity index (χ1n) is 8.40. The van der Waals surface area contributed by atoms with Gasteiger partial charge in [-0.2, -0.15) is 0 Å². The first-order chi connectivity index (χ1) is 11.6. The van der Waals surface area contributed by atoms with E-state index in [4.69, 9.17) is 0 Å². The standard InChI is InChI=1S/C17H26FN5O/c1-23(2)16(24)12-21-17(22-13-7-4-3-5-8-13)20-11-15-14(18)9-6-10-19-15/h6,9-10,13H,3-5,7-8,11-12H2,1-2H3,(H2,20,21,22). The molecule has 1 aromatic rings. The Kier molecular flexibility index (Phi) is 6.96. The molecule has 6 nitrogen and oxygen atoms in total. The Morgan fingerprint density at radius 1 is 1.38 bits per heavy atom. The number of guanidine groups is 1. The molecular weight excluding hydrogens is 309 g/mol. The minimum Gasteiger partial charge on any atom is -0.354 e. The summed E-state index contributed by atoms with van der Waals surface area (Å²) in [6, 6.07) is 3.26. The van der Waals surface area contributed by atoms with Crippen molar-refractivity contribution in [3.05, 3.63) is 29.8 Å². The van der Waals surface area contributed by atoms with Gasteiger partial charge in [0.25, 0.3) is 0 Å². The van der Waals surface area contributed by atoms with Crippen LogP contribution in [0.5, 0.6) is 0 Å². The van der Waals surface area contributed by atoms with E-state index in [1.54, 1.807) is 26.4 Å². The zero-order chi connectivity index (χ0) is 17.4. The number of carbonyl (C=O) groups excluding carboxylic acids is 1. The highest BCUT2D eigenvalue weighted by atomic mass is 19.1. The third kappa shape index (κ3) is 5.79. The molecule has 0 radical (unpaired) electrons.